The van der Waals surface area contributed by atoms with Gasteiger partial charge in [0.15, 0.2) is 0 Å². The molecule has 2 heterocycles. The molecule has 0 fully saturated rings. The summed E-state index contributed by atoms with van der Waals surface area (Å²) >= 11 is 1.80. The van der Waals surface area contributed by atoms with Crippen molar-refractivity contribution in [2.75, 3.05) is 0 Å². The lowest BCUT2D eigenvalue weighted by Gasteiger charge is -2.10. The van der Waals surface area contributed by atoms with Crippen LogP contribution in [0.5, 0.6) is 0 Å². The van der Waals surface area contributed by atoms with E-state index in [9.17, 15) is 0 Å². The first-order valence-electron chi connectivity index (χ1n) is 13.3. The maximum atomic E-state index is 2.39. The summed E-state index contributed by atoms with van der Waals surface area (Å²) in [6.07, 6.45) is 8.95. The van der Waals surface area contributed by atoms with Gasteiger partial charge in [-0.1, -0.05) is 107 Å². The van der Waals surface area contributed by atoms with Crippen LogP contribution in [0.1, 0.15) is 52.0 Å². The van der Waals surface area contributed by atoms with E-state index in [2.05, 4.69) is 155 Å². The molecule has 0 aliphatic rings. The highest BCUT2D eigenvalue weighted by Gasteiger charge is 2.09. The van der Waals surface area contributed by atoms with Crippen LogP contribution in [0.3, 0.4) is 0 Å². The van der Waals surface area contributed by atoms with Gasteiger partial charge in [-0.2, -0.15) is 0 Å². The molecule has 0 radical (unpaired) electrons. The van der Waals surface area contributed by atoms with Crippen molar-refractivity contribution in [2.45, 2.75) is 48.1 Å². The Morgan fingerprint density at radius 2 is 1.49 bits per heavy atom. The van der Waals surface area contributed by atoms with E-state index in [0.717, 1.165) is 6.54 Å². The average molecular weight is 506 g/mol. The molecule has 0 aliphatic carbocycles. The van der Waals surface area contributed by atoms with E-state index in [4.69, 9.17) is 0 Å². The van der Waals surface area contributed by atoms with Crippen LogP contribution in [0.25, 0.3) is 45.1 Å². The van der Waals surface area contributed by atoms with Crippen LogP contribution in [-0.2, 0) is 6.54 Å². The van der Waals surface area contributed by atoms with Gasteiger partial charge in [-0.25, -0.2) is 0 Å². The van der Waals surface area contributed by atoms with Crippen LogP contribution in [0, 0.1) is 11.3 Å². The van der Waals surface area contributed by atoms with Crippen molar-refractivity contribution < 1.29 is 0 Å². The fourth-order valence-electron chi connectivity index (χ4n) is 4.37. The second kappa shape index (κ2) is 11.8. The lowest BCUT2D eigenvalue weighted by atomic mass is 9.96. The third kappa shape index (κ3) is 6.90. The van der Waals surface area contributed by atoms with Crippen molar-refractivity contribution in [3.8, 4) is 11.1 Å². The number of para-hydroxylation sites is 1. The highest BCUT2D eigenvalue weighted by Crippen LogP contribution is 2.30. The van der Waals surface area contributed by atoms with Crippen molar-refractivity contribution in [1.82, 2.24) is 4.57 Å². The van der Waals surface area contributed by atoms with Crippen molar-refractivity contribution >= 4 is 45.3 Å². The number of aryl methyl sites for hydroxylation is 1. The van der Waals surface area contributed by atoms with Gasteiger partial charge < -0.3 is 4.57 Å². The molecule has 0 amide bonds. The number of fused-ring (bicyclic) bond motifs is 3. The Hall–Kier alpha value is -3.36. The smallest absolute Gasteiger partial charge is 0.0491 e. The third-order valence-electron chi connectivity index (χ3n) is 6.26. The van der Waals surface area contributed by atoms with E-state index >= 15 is 0 Å². The zero-order chi connectivity index (χ0) is 26.4. The van der Waals surface area contributed by atoms with Gasteiger partial charge in [0, 0.05) is 33.2 Å². The normalized spacial score (nSPS) is 12.2. The summed E-state index contributed by atoms with van der Waals surface area (Å²) in [4.78, 5) is 1.32. The quantitative estimate of drug-likeness (QED) is 0.224. The minimum Gasteiger partial charge on any atom is -0.341 e. The van der Waals surface area contributed by atoms with Gasteiger partial charge in [0.1, 0.15) is 0 Å². The predicted octanol–water partition coefficient (Wildman–Crippen LogP) is 11.0. The Morgan fingerprint density at radius 3 is 2.19 bits per heavy atom. The van der Waals surface area contributed by atoms with Gasteiger partial charge in [0.2, 0.25) is 0 Å². The SMILES string of the molecule is CC(C)(C)/C=C/c1cc(-c2ccccc2)cs1.CCn1c2ccccc2c2cc(/C=C/C(C)C)ccc21. The van der Waals surface area contributed by atoms with Gasteiger partial charge in [-0.05, 0) is 70.7 Å². The molecule has 0 atom stereocenters. The lowest BCUT2D eigenvalue weighted by Crippen LogP contribution is -1.97. The molecule has 5 rings (SSSR count). The first-order chi connectivity index (χ1) is 17.7. The fourth-order valence-corrected chi connectivity index (χ4v) is 5.18. The van der Waals surface area contributed by atoms with Crippen molar-refractivity contribution in [1.29, 1.82) is 0 Å². The summed E-state index contributed by atoms with van der Waals surface area (Å²) < 4.78 is 2.39. The second-order valence-corrected chi connectivity index (χ2v) is 11.9. The molecule has 0 spiro atoms. The number of aromatic nitrogens is 1. The Bertz CT molecular complexity index is 1500. The zero-order valence-electron chi connectivity index (χ0n) is 23.0. The maximum absolute atomic E-state index is 2.39. The Labute approximate surface area is 226 Å². The van der Waals surface area contributed by atoms with Crippen LogP contribution in [-0.4, -0.2) is 4.57 Å². The molecule has 0 bridgehead atoms. The Balaban J connectivity index is 0.000000176. The summed E-state index contributed by atoms with van der Waals surface area (Å²) in [5.74, 6) is 0.586. The molecule has 0 unspecified atom stereocenters. The van der Waals surface area contributed by atoms with E-state index in [1.54, 1.807) is 11.3 Å². The van der Waals surface area contributed by atoms with Gasteiger partial charge >= 0.3 is 0 Å². The lowest BCUT2D eigenvalue weighted by molar-refractivity contribution is 0.547. The number of hydrogen-bond donors (Lipinski definition) is 0. The number of benzene rings is 3. The summed E-state index contributed by atoms with van der Waals surface area (Å²) in [7, 11) is 0. The average Bonchev–Trinajstić information content (AvgIpc) is 3.49. The standard InChI is InChI=1S/C19H21N.C16H18S/c1-4-20-18-8-6-5-7-16(18)17-13-15(10-9-14(2)3)11-12-19(17)20;1-16(2,3)10-9-15-11-14(12-17-15)13-7-5-4-6-8-13/h5-14H,4H2,1-3H3;4-12H,1-3H3/b2*10-9+. The number of rotatable bonds is 5. The van der Waals surface area contributed by atoms with Gasteiger partial charge in [-0.3, -0.25) is 0 Å². The Kier molecular flexibility index (Phi) is 8.51. The van der Waals surface area contributed by atoms with E-state index in [1.807, 2.05) is 0 Å². The van der Waals surface area contributed by atoms with Crippen LogP contribution in [0.4, 0.5) is 0 Å². The van der Waals surface area contributed by atoms with Crippen molar-refractivity contribution in [3.05, 3.63) is 107 Å². The number of hydrogen-bond acceptors (Lipinski definition) is 1. The topological polar surface area (TPSA) is 4.93 Å². The number of nitrogens with zero attached hydrogens (tertiary/aromatic N) is 1. The van der Waals surface area contributed by atoms with E-state index in [1.165, 1.54) is 43.4 Å². The molecule has 0 saturated carbocycles. The molecule has 2 aromatic heterocycles. The fraction of sp³-hybridized carbons (Fsp3) is 0.257. The highest BCUT2D eigenvalue weighted by atomic mass is 32.1. The first kappa shape index (κ1) is 26.7. The van der Waals surface area contributed by atoms with Crippen molar-refractivity contribution in [2.24, 2.45) is 11.3 Å². The van der Waals surface area contributed by atoms with E-state index in [-0.39, 0.29) is 5.41 Å². The van der Waals surface area contributed by atoms with Gasteiger partial charge in [-0.15, -0.1) is 11.3 Å². The molecular formula is C35H39NS. The highest BCUT2D eigenvalue weighted by molar-refractivity contribution is 7.11. The molecule has 37 heavy (non-hydrogen) atoms. The minimum atomic E-state index is 0.247. The molecule has 190 valence electrons. The first-order valence-corrected chi connectivity index (χ1v) is 14.2. The van der Waals surface area contributed by atoms with Crippen LogP contribution in [0.15, 0.2) is 96.4 Å². The molecule has 5 aromatic rings. The number of allylic oxidation sites excluding steroid dienone is 2. The molecule has 0 aliphatic heterocycles. The molecule has 2 heteroatoms. The van der Waals surface area contributed by atoms with Crippen LogP contribution >= 0.6 is 11.3 Å². The van der Waals surface area contributed by atoms with E-state index in [0.29, 0.717) is 5.92 Å². The molecular weight excluding hydrogens is 466 g/mol. The van der Waals surface area contributed by atoms with Crippen LogP contribution in [0.2, 0.25) is 0 Å². The minimum absolute atomic E-state index is 0.247. The second-order valence-electron chi connectivity index (χ2n) is 10.9. The summed E-state index contributed by atoms with van der Waals surface area (Å²) in [5.41, 5.74) is 6.79. The van der Waals surface area contributed by atoms with Crippen molar-refractivity contribution in [3.63, 3.8) is 0 Å². The van der Waals surface area contributed by atoms with Gasteiger partial charge in [0.25, 0.3) is 0 Å². The molecule has 0 saturated heterocycles. The molecule has 1 nitrogen and oxygen atoms in total. The molecule has 0 N–H and O–H groups in total. The maximum Gasteiger partial charge on any atom is 0.0491 e. The summed E-state index contributed by atoms with van der Waals surface area (Å²) in [6, 6.07) is 28.2. The predicted molar refractivity (Wildman–Crippen MR) is 167 cm³/mol. The zero-order valence-corrected chi connectivity index (χ0v) is 23.8. The summed E-state index contributed by atoms with van der Waals surface area (Å²) in [6.45, 7) is 14.3. The van der Waals surface area contributed by atoms with Gasteiger partial charge in [0.05, 0.1) is 0 Å². The monoisotopic (exact) mass is 505 g/mol. The third-order valence-corrected chi connectivity index (χ3v) is 7.16. The largest absolute Gasteiger partial charge is 0.341 e. The van der Waals surface area contributed by atoms with Crippen LogP contribution < -0.4 is 0 Å². The summed E-state index contributed by atoms with van der Waals surface area (Å²) in [5, 5.41) is 4.93. The number of thiophene rings is 1. The van der Waals surface area contributed by atoms with E-state index < -0.39 is 0 Å². The Morgan fingerprint density at radius 1 is 0.784 bits per heavy atom. The molecule has 3 aromatic carbocycles.